The zero-order chi connectivity index (χ0) is 28.8. The van der Waals surface area contributed by atoms with Gasteiger partial charge in [-0.1, -0.05) is 24.3 Å². The van der Waals surface area contributed by atoms with Crippen molar-refractivity contribution < 1.29 is 28.7 Å². The third-order valence-corrected chi connectivity index (χ3v) is 7.40. The molecule has 41 heavy (non-hydrogen) atoms. The molecule has 1 aliphatic carbocycles. The first kappa shape index (κ1) is 26.3. The second kappa shape index (κ2) is 10.2. The van der Waals surface area contributed by atoms with Crippen molar-refractivity contribution >= 4 is 34.8 Å². The highest BCUT2D eigenvalue weighted by Gasteiger charge is 2.34. The predicted octanol–water partition coefficient (Wildman–Crippen LogP) is 2.27. The number of aliphatic hydroxyl groups excluding tert-OH is 1. The zero-order valence-electron chi connectivity index (χ0n) is 21.9. The van der Waals surface area contributed by atoms with Gasteiger partial charge in [0.15, 0.2) is 17.2 Å². The summed E-state index contributed by atoms with van der Waals surface area (Å²) < 4.78 is 15.5. The molecule has 1 aliphatic heterocycles. The molecule has 0 unspecified atom stereocenters. The summed E-state index contributed by atoms with van der Waals surface area (Å²) in [5, 5.41) is 22.9. The lowest BCUT2D eigenvalue weighted by molar-refractivity contribution is -0.116. The van der Waals surface area contributed by atoms with Gasteiger partial charge >= 0.3 is 0 Å². The molecule has 0 fully saturated rings. The lowest BCUT2D eigenvalue weighted by Crippen LogP contribution is -2.35. The number of hydrogen-bond donors (Lipinski definition) is 4. The molecule has 2 aliphatic rings. The van der Waals surface area contributed by atoms with Gasteiger partial charge in [0.25, 0.3) is 11.8 Å². The van der Waals surface area contributed by atoms with Crippen LogP contribution in [0, 0.1) is 5.82 Å². The second-order valence-corrected chi connectivity index (χ2v) is 10.2. The van der Waals surface area contributed by atoms with E-state index in [0.29, 0.717) is 29.7 Å². The summed E-state index contributed by atoms with van der Waals surface area (Å²) in [5.74, 6) is -2.35. The van der Waals surface area contributed by atoms with E-state index in [-0.39, 0.29) is 41.7 Å². The fourth-order valence-corrected chi connectivity index (χ4v) is 5.26. The van der Waals surface area contributed by atoms with Crippen LogP contribution in [0.5, 0.6) is 0 Å². The fourth-order valence-electron chi connectivity index (χ4n) is 5.26. The smallest absolute Gasteiger partial charge is 0.270 e. The number of aryl methyl sites for hydroxylation is 1. The molecule has 3 heterocycles. The van der Waals surface area contributed by atoms with E-state index < -0.39 is 29.8 Å². The van der Waals surface area contributed by atoms with Crippen molar-refractivity contribution in [2.45, 2.75) is 44.9 Å². The van der Waals surface area contributed by atoms with Crippen LogP contribution in [-0.2, 0) is 24.2 Å². The minimum atomic E-state index is -0.952. The number of amides is 3. The van der Waals surface area contributed by atoms with Crippen LogP contribution in [0.25, 0.3) is 5.65 Å². The molecule has 6 rings (SSSR count). The number of carbonyl (C=O) groups excluding carboxylic acids is 4. The summed E-state index contributed by atoms with van der Waals surface area (Å²) in [6.45, 7) is 1.55. The lowest BCUT2D eigenvalue weighted by atomic mass is 10.0. The number of ketones is 1. The van der Waals surface area contributed by atoms with E-state index in [4.69, 9.17) is 0 Å². The molecule has 0 spiro atoms. The van der Waals surface area contributed by atoms with Crippen LogP contribution in [0.15, 0.2) is 48.7 Å². The van der Waals surface area contributed by atoms with Gasteiger partial charge in [0.1, 0.15) is 11.4 Å². The Morgan fingerprint density at radius 3 is 2.73 bits per heavy atom. The van der Waals surface area contributed by atoms with Crippen molar-refractivity contribution in [3.8, 4) is 0 Å². The predicted molar refractivity (Wildman–Crippen MR) is 144 cm³/mol. The van der Waals surface area contributed by atoms with Crippen molar-refractivity contribution in [3.05, 3.63) is 93.7 Å². The Morgan fingerprint density at radius 2 is 1.93 bits per heavy atom. The first-order valence-electron chi connectivity index (χ1n) is 13.0. The number of Topliss-reactive ketones (excluding diaryl/α,β-unsaturated/α-hetero) is 1. The number of hydrogen-bond acceptors (Lipinski definition) is 7. The normalized spacial score (nSPS) is 17.5. The zero-order valence-corrected chi connectivity index (χ0v) is 21.9. The molecule has 3 amide bonds. The van der Waals surface area contributed by atoms with Crippen LogP contribution in [0.1, 0.15) is 73.0 Å². The van der Waals surface area contributed by atoms with Crippen molar-refractivity contribution in [2.24, 2.45) is 0 Å². The lowest BCUT2D eigenvalue weighted by Gasteiger charge is -2.19. The first-order valence-corrected chi connectivity index (χ1v) is 13.0. The standard InChI is InChI=1S/C29H25FN6O5/c1-14(37)17-4-6-19-18(9-17)10-24(38)26(19)35-29(41)23-11-22(34-27-20(30)13-32-36(23)27)28(40)31-12-15-2-3-16-5-7-25(39)33-21(16)8-15/h2-4,6,8-9,11,13,24,26,38H,5,7,10,12H2,1H3,(H,31,40)(H,33,39)(H,35,41)/t24-,26-/m1/s1. The monoisotopic (exact) mass is 556 g/mol. The van der Waals surface area contributed by atoms with Crippen molar-refractivity contribution in [2.75, 3.05) is 5.32 Å². The minimum absolute atomic E-state index is 0.0701. The topological polar surface area (TPSA) is 155 Å². The molecule has 0 bridgehead atoms. The molecule has 12 heteroatoms. The maximum atomic E-state index is 14.5. The third-order valence-electron chi connectivity index (χ3n) is 7.40. The quantitative estimate of drug-likeness (QED) is 0.266. The largest absolute Gasteiger partial charge is 0.390 e. The van der Waals surface area contributed by atoms with Gasteiger partial charge in [0.2, 0.25) is 5.91 Å². The molecule has 4 aromatic rings. The minimum Gasteiger partial charge on any atom is -0.390 e. The van der Waals surface area contributed by atoms with Gasteiger partial charge in [-0.2, -0.15) is 5.10 Å². The van der Waals surface area contributed by atoms with Crippen LogP contribution in [0.2, 0.25) is 0 Å². The SMILES string of the molecule is CC(=O)c1ccc2c(c1)C[C@@H](O)[C@@H]2NC(=O)c1cc(C(=O)NCc2ccc3c(c2)NC(=O)CC3)nc2c(F)cnn12. The van der Waals surface area contributed by atoms with Gasteiger partial charge in [0, 0.05) is 36.7 Å². The summed E-state index contributed by atoms with van der Waals surface area (Å²) in [7, 11) is 0. The van der Waals surface area contributed by atoms with E-state index >= 15 is 0 Å². The number of carbonyl (C=O) groups is 4. The number of rotatable bonds is 6. The molecule has 2 aromatic heterocycles. The average molecular weight is 557 g/mol. The van der Waals surface area contributed by atoms with Gasteiger partial charge in [-0.25, -0.2) is 13.9 Å². The summed E-state index contributed by atoms with van der Waals surface area (Å²) in [4.78, 5) is 54.0. The van der Waals surface area contributed by atoms with Crippen molar-refractivity contribution in [1.82, 2.24) is 25.2 Å². The van der Waals surface area contributed by atoms with Gasteiger partial charge in [-0.3, -0.25) is 19.2 Å². The number of anilines is 1. The summed E-state index contributed by atoms with van der Waals surface area (Å²) in [6.07, 6.45) is 1.25. The van der Waals surface area contributed by atoms with Crippen LogP contribution in [-0.4, -0.2) is 49.3 Å². The Morgan fingerprint density at radius 1 is 1.10 bits per heavy atom. The Bertz CT molecular complexity index is 1770. The molecule has 208 valence electrons. The summed E-state index contributed by atoms with van der Waals surface area (Å²) >= 11 is 0. The van der Waals surface area contributed by atoms with Crippen LogP contribution < -0.4 is 16.0 Å². The number of fused-ring (bicyclic) bond motifs is 3. The van der Waals surface area contributed by atoms with Gasteiger partial charge in [-0.05, 0) is 47.7 Å². The fraction of sp³-hybridized carbons (Fsp3) is 0.241. The van der Waals surface area contributed by atoms with E-state index in [1.807, 2.05) is 12.1 Å². The van der Waals surface area contributed by atoms with E-state index in [0.717, 1.165) is 27.4 Å². The van der Waals surface area contributed by atoms with Crippen LogP contribution in [0.4, 0.5) is 10.1 Å². The molecule has 4 N–H and O–H groups in total. The van der Waals surface area contributed by atoms with Gasteiger partial charge in [0.05, 0.1) is 18.3 Å². The summed E-state index contributed by atoms with van der Waals surface area (Å²) in [6, 6.07) is 10.9. The molecule has 2 aromatic carbocycles. The highest BCUT2D eigenvalue weighted by Crippen LogP contribution is 2.33. The van der Waals surface area contributed by atoms with Crippen LogP contribution in [0.3, 0.4) is 0 Å². The highest BCUT2D eigenvalue weighted by atomic mass is 19.1. The number of nitrogens with one attached hydrogen (secondary N) is 3. The molecular formula is C29H25FN6O5. The Balaban J connectivity index is 1.24. The number of aromatic nitrogens is 3. The third kappa shape index (κ3) is 4.93. The Hall–Kier alpha value is -4.97. The van der Waals surface area contributed by atoms with Crippen molar-refractivity contribution in [3.63, 3.8) is 0 Å². The molecule has 0 saturated carbocycles. The molecule has 11 nitrogen and oxygen atoms in total. The van der Waals surface area contributed by atoms with Gasteiger partial charge in [-0.15, -0.1) is 0 Å². The van der Waals surface area contributed by atoms with Gasteiger partial charge < -0.3 is 21.1 Å². The average Bonchev–Trinajstić information content (AvgIpc) is 3.48. The maximum absolute atomic E-state index is 14.5. The van der Waals surface area contributed by atoms with E-state index in [2.05, 4.69) is 26.0 Å². The summed E-state index contributed by atoms with van der Waals surface area (Å²) in [5.41, 5.74) is 3.67. The van der Waals surface area contributed by atoms with Crippen molar-refractivity contribution in [1.29, 1.82) is 0 Å². The van der Waals surface area contributed by atoms with E-state index in [9.17, 15) is 28.7 Å². The Kier molecular flexibility index (Phi) is 6.54. The molecule has 2 atom stereocenters. The molecule has 0 radical (unpaired) electrons. The number of nitrogens with zero attached hydrogens (tertiary/aromatic N) is 3. The van der Waals surface area contributed by atoms with Crippen LogP contribution >= 0.6 is 0 Å². The molecular weight excluding hydrogens is 531 g/mol. The van der Waals surface area contributed by atoms with E-state index in [1.165, 1.54) is 13.0 Å². The maximum Gasteiger partial charge on any atom is 0.270 e. The number of halogens is 1. The number of aliphatic hydroxyl groups is 1. The highest BCUT2D eigenvalue weighted by molar-refractivity contribution is 5.99. The Labute approximate surface area is 232 Å². The number of benzene rings is 2. The first-order chi connectivity index (χ1) is 19.7. The molecule has 0 saturated heterocycles. The van der Waals surface area contributed by atoms with E-state index in [1.54, 1.807) is 24.3 Å². The second-order valence-electron chi connectivity index (χ2n) is 10.2.